The SMILES string of the molecule is CNC[C@H](O)[C@H](C)[C@@H]1NC(=O)[C@H](Cc2ccc(O)cc2)NC(=O)c2csc(n2)[C@H]([C@H](O)c2ccccc2)NC(=O)c2nc(sc2C)[C@H](CC(N)=O)NC(=O)c2csc(n2)-c2ccc(-c3nc(C(N)=O)cs3)nc2-c2csc(n2)-c2csc1n2. The smallest absolute Gasteiger partial charge is 0.271 e. The minimum absolute atomic E-state index is 0.0117. The number of phenols is 1. The van der Waals surface area contributed by atoms with Crippen LogP contribution in [0.2, 0.25) is 0 Å². The maximum absolute atomic E-state index is 14.9. The number of likely N-dealkylation sites (N-methyl/N-ethyl adjacent to an activating group) is 1. The van der Waals surface area contributed by atoms with Gasteiger partial charge in [-0.1, -0.05) is 49.4 Å². The average Bonchev–Trinajstić information content (AvgIpc) is 4.50. The molecule has 1 aliphatic heterocycles. The third-order valence-corrected chi connectivity index (χ3v) is 18.8. The number of carbonyl (C=O) groups is 6. The number of aryl methyl sites for hydroxylation is 1. The van der Waals surface area contributed by atoms with Gasteiger partial charge < -0.3 is 53.4 Å². The molecule has 0 unspecified atom stereocenters. The van der Waals surface area contributed by atoms with Gasteiger partial charge in [-0.25, -0.2) is 34.9 Å². The summed E-state index contributed by atoms with van der Waals surface area (Å²) < 4.78 is 0. The van der Waals surface area contributed by atoms with Crippen LogP contribution in [-0.2, 0) is 16.0 Å². The number of nitrogens with one attached hydrogen (secondary N) is 5. The number of amides is 6. The van der Waals surface area contributed by atoms with Gasteiger partial charge in [0.1, 0.15) is 93.8 Å². The number of fused-ring (bicyclic) bond motifs is 14. The maximum atomic E-state index is 14.9. The molecular weight excluding hydrogens is 1180 g/mol. The highest BCUT2D eigenvalue weighted by molar-refractivity contribution is 7.15. The van der Waals surface area contributed by atoms with Gasteiger partial charge in [0.25, 0.3) is 23.6 Å². The molecule has 12 N–H and O–H groups in total. The van der Waals surface area contributed by atoms with E-state index >= 15 is 0 Å². The van der Waals surface area contributed by atoms with E-state index in [1.54, 1.807) is 86.3 Å². The summed E-state index contributed by atoms with van der Waals surface area (Å²) in [5.74, 6) is -5.01. The van der Waals surface area contributed by atoms with E-state index in [2.05, 4.69) is 41.5 Å². The van der Waals surface area contributed by atoms with Crippen LogP contribution in [0.5, 0.6) is 5.75 Å². The highest BCUT2D eigenvalue weighted by Gasteiger charge is 2.36. The van der Waals surface area contributed by atoms with Crippen LogP contribution in [0.25, 0.3) is 43.4 Å². The fourth-order valence-corrected chi connectivity index (χ4v) is 14.1. The van der Waals surface area contributed by atoms with Crippen LogP contribution in [0.15, 0.2) is 93.6 Å². The number of thiazole rings is 6. The van der Waals surface area contributed by atoms with E-state index in [-0.39, 0.29) is 51.5 Å². The molecule has 7 atom stereocenters. The normalized spacial score (nSPS) is 18.0. The topological polar surface area (TPSA) is 366 Å². The number of aliphatic hydroxyl groups is 2. The van der Waals surface area contributed by atoms with Crippen molar-refractivity contribution in [3.8, 4) is 49.1 Å². The Morgan fingerprint density at radius 3 is 1.96 bits per heavy atom. The lowest BCUT2D eigenvalue weighted by molar-refractivity contribution is -0.124. The first-order valence-corrected chi connectivity index (χ1v) is 30.5. The third kappa shape index (κ3) is 13.1. The van der Waals surface area contributed by atoms with Crippen LogP contribution in [0.4, 0.5) is 0 Å². The molecule has 10 rings (SSSR count). The number of phenolic OH excluding ortho intramolecular Hbond substituents is 1. The minimum atomic E-state index is -1.41. The lowest BCUT2D eigenvalue weighted by Crippen LogP contribution is -2.51. The zero-order chi connectivity index (χ0) is 58.6. The summed E-state index contributed by atoms with van der Waals surface area (Å²) in [5, 5.41) is 58.1. The van der Waals surface area contributed by atoms with Crippen molar-refractivity contribution in [3.63, 3.8) is 0 Å². The van der Waals surface area contributed by atoms with Crippen molar-refractivity contribution < 1.29 is 44.1 Å². The predicted octanol–water partition coefficient (Wildman–Crippen LogP) is 5.88. The molecule has 2 aromatic carbocycles. The fourth-order valence-electron chi connectivity index (χ4n) is 8.85. The molecule has 9 aromatic rings. The van der Waals surface area contributed by atoms with Crippen molar-refractivity contribution in [2.45, 2.75) is 63.1 Å². The van der Waals surface area contributed by atoms with Crippen molar-refractivity contribution in [1.82, 2.24) is 61.5 Å². The Labute approximate surface area is 496 Å². The van der Waals surface area contributed by atoms with Crippen LogP contribution in [0.3, 0.4) is 0 Å². The summed E-state index contributed by atoms with van der Waals surface area (Å²) in [5.41, 5.74) is 14.1. The van der Waals surface area contributed by atoms with Crippen LogP contribution >= 0.6 is 68.0 Å². The molecule has 8 heterocycles. The largest absolute Gasteiger partial charge is 0.508 e. The Kier molecular flexibility index (Phi) is 17.6. The Hall–Kier alpha value is -8.13. The van der Waals surface area contributed by atoms with Gasteiger partial charge in [0.05, 0.1) is 30.3 Å². The number of carbonyl (C=O) groups excluding carboxylic acids is 6. The van der Waals surface area contributed by atoms with E-state index in [9.17, 15) is 44.1 Å². The van der Waals surface area contributed by atoms with Crippen LogP contribution in [-0.4, -0.2) is 111 Å². The number of pyridine rings is 1. The molecule has 10 bridgehead atoms. The average molecular weight is 1230 g/mol. The zero-order valence-corrected chi connectivity index (χ0v) is 48.8. The number of hydrogen-bond donors (Lipinski definition) is 10. The van der Waals surface area contributed by atoms with Gasteiger partial charge in [-0.3, -0.25) is 28.8 Å². The van der Waals surface area contributed by atoms with Crippen molar-refractivity contribution in [3.05, 3.63) is 147 Å². The molecule has 6 amide bonds. The summed E-state index contributed by atoms with van der Waals surface area (Å²) in [6, 6.07) is 13.5. The van der Waals surface area contributed by atoms with Crippen LogP contribution in [0.1, 0.15) is 111 Å². The summed E-state index contributed by atoms with van der Waals surface area (Å²) in [6.45, 7) is 3.55. The zero-order valence-electron chi connectivity index (χ0n) is 43.9. The number of aliphatic hydroxyl groups excluding tert-OH is 2. The molecule has 7 aromatic heterocycles. The number of hydrogen-bond acceptors (Lipinski definition) is 23. The van der Waals surface area contributed by atoms with Crippen molar-refractivity contribution >= 4 is 103 Å². The highest BCUT2D eigenvalue weighted by Crippen LogP contribution is 2.40. The minimum Gasteiger partial charge on any atom is -0.508 e. The van der Waals surface area contributed by atoms with E-state index < -0.39 is 84.2 Å². The second kappa shape index (κ2) is 25.2. The molecule has 0 saturated carbocycles. The molecular formula is C54H50N14O9S6. The first kappa shape index (κ1) is 58.1. The molecule has 0 saturated heterocycles. The standard InChI is InChI=1S/C54H50N14O9S6/c1-23(37(70)17-57-3)39-53-65-36(22-82-53)51-61-32(18-79-51)41-28(13-14-29(58-41)50-62-33(19-80-50)44(56)73)49-63-34(20-78-49)47(76)60-31(16-38(55)71)52-68-40(24(2)83-52)48(77)67-42(43(72)26-7-5-4-6-8-26)54-64-35(21-81-54)46(75)59-30(45(74)66-39)15-25-9-11-27(69)12-10-25/h4-14,18-23,30-31,37,39,42-43,57,69-70,72H,15-17H2,1-3H3,(H2,55,71)(H2,56,73)(H,59,75)(H,60,76)(H,66,74)(H,67,77)/t23-,30-,31-,37-,39-,42-,43+/m0/s1. The molecule has 0 fully saturated rings. The summed E-state index contributed by atoms with van der Waals surface area (Å²) in [7, 11) is 1.68. The third-order valence-electron chi connectivity index (χ3n) is 13.2. The van der Waals surface area contributed by atoms with Gasteiger partial charge in [0.2, 0.25) is 11.8 Å². The Morgan fingerprint density at radius 1 is 0.627 bits per heavy atom. The van der Waals surface area contributed by atoms with Gasteiger partial charge >= 0.3 is 0 Å². The second-order valence-corrected chi connectivity index (χ2v) is 24.6. The number of benzene rings is 2. The van der Waals surface area contributed by atoms with E-state index in [1.807, 2.05) is 0 Å². The van der Waals surface area contributed by atoms with Gasteiger partial charge in [-0.15, -0.1) is 68.0 Å². The molecule has 0 aliphatic carbocycles. The van der Waals surface area contributed by atoms with E-state index in [1.165, 1.54) is 50.9 Å². The Balaban J connectivity index is 1.09. The van der Waals surface area contributed by atoms with E-state index in [0.29, 0.717) is 64.4 Å². The number of nitrogens with two attached hydrogens (primary N) is 2. The second-order valence-electron chi connectivity index (χ2n) is 19.0. The number of nitrogens with zero attached hydrogens (tertiary/aromatic N) is 7. The number of aromatic nitrogens is 7. The summed E-state index contributed by atoms with van der Waals surface area (Å²) >= 11 is 6.79. The van der Waals surface area contributed by atoms with E-state index in [0.717, 1.165) is 45.3 Å². The summed E-state index contributed by atoms with van der Waals surface area (Å²) in [4.78, 5) is 116. The molecule has 29 heteroatoms. The molecule has 0 radical (unpaired) electrons. The molecule has 23 nitrogen and oxygen atoms in total. The maximum Gasteiger partial charge on any atom is 0.271 e. The lowest BCUT2D eigenvalue weighted by atomic mass is 9.95. The van der Waals surface area contributed by atoms with Crippen molar-refractivity contribution in [2.24, 2.45) is 17.4 Å². The summed E-state index contributed by atoms with van der Waals surface area (Å²) in [6.07, 6.45) is -2.87. The fraction of sp³-hybridized carbons (Fsp3) is 0.241. The van der Waals surface area contributed by atoms with E-state index in [4.69, 9.17) is 31.4 Å². The first-order valence-electron chi connectivity index (χ1n) is 25.3. The van der Waals surface area contributed by atoms with Crippen molar-refractivity contribution in [2.75, 3.05) is 13.6 Å². The Bertz CT molecular complexity index is 3880. The number of aromatic hydroxyl groups is 1. The lowest BCUT2D eigenvalue weighted by Gasteiger charge is -2.29. The first-order chi connectivity index (χ1) is 39.9. The number of primary amides is 2. The molecule has 83 heavy (non-hydrogen) atoms. The van der Waals surface area contributed by atoms with Gasteiger partial charge in [-0.2, -0.15) is 0 Å². The van der Waals surface area contributed by atoms with Crippen LogP contribution in [0, 0.1) is 12.8 Å². The quantitative estimate of drug-likeness (QED) is 0.0682. The molecule has 0 spiro atoms. The Morgan fingerprint density at radius 2 is 1.25 bits per heavy atom. The van der Waals surface area contributed by atoms with Crippen molar-refractivity contribution in [1.29, 1.82) is 0 Å². The van der Waals surface area contributed by atoms with Gasteiger partial charge in [0.15, 0.2) is 0 Å². The highest BCUT2D eigenvalue weighted by atomic mass is 32.1. The van der Waals surface area contributed by atoms with Gasteiger partial charge in [-0.05, 0) is 49.4 Å². The van der Waals surface area contributed by atoms with Crippen LogP contribution < -0.4 is 38.1 Å². The molecule has 426 valence electrons. The monoisotopic (exact) mass is 1230 g/mol. The number of rotatable bonds is 12. The van der Waals surface area contributed by atoms with Gasteiger partial charge in [0, 0.05) is 56.2 Å². The molecule has 1 aliphatic rings. The predicted molar refractivity (Wildman–Crippen MR) is 315 cm³/mol.